The molecule has 6 heteroatoms. The van der Waals surface area contributed by atoms with E-state index in [1.54, 1.807) is 11.9 Å². The van der Waals surface area contributed by atoms with Crippen LogP contribution in [0.4, 0.5) is 4.79 Å². The number of aromatic nitrogens is 1. The molecule has 0 unspecified atom stereocenters. The van der Waals surface area contributed by atoms with Crippen LogP contribution in [0.5, 0.6) is 0 Å². The average Bonchev–Trinajstić information content (AvgIpc) is 2.81. The van der Waals surface area contributed by atoms with Crippen LogP contribution in [0.15, 0.2) is 33.3 Å². The molecule has 118 valence electrons. The molecule has 5 nitrogen and oxygen atoms in total. The van der Waals surface area contributed by atoms with Crippen LogP contribution in [-0.4, -0.2) is 29.7 Å². The lowest BCUT2D eigenvalue weighted by atomic mass is 10.1. The van der Waals surface area contributed by atoms with Crippen molar-refractivity contribution < 1.29 is 9.32 Å². The molecule has 2 amide bonds. The highest BCUT2D eigenvalue weighted by atomic mass is 79.9. The van der Waals surface area contributed by atoms with Gasteiger partial charge in [-0.05, 0) is 31.9 Å². The number of rotatable bonds is 5. The summed E-state index contributed by atoms with van der Waals surface area (Å²) in [6, 6.07) is 7.91. The molecular formula is C16H20BrN3O2. The Bertz CT molecular complexity index is 635. The van der Waals surface area contributed by atoms with Crippen molar-refractivity contribution in [2.45, 2.75) is 26.8 Å². The summed E-state index contributed by atoms with van der Waals surface area (Å²) < 4.78 is 6.18. The first-order chi connectivity index (χ1) is 10.5. The Morgan fingerprint density at radius 1 is 1.36 bits per heavy atom. The van der Waals surface area contributed by atoms with Crippen LogP contribution < -0.4 is 5.32 Å². The monoisotopic (exact) mass is 365 g/mol. The normalized spacial score (nSPS) is 10.5. The third-order valence-corrected chi connectivity index (χ3v) is 4.33. The lowest BCUT2D eigenvalue weighted by molar-refractivity contribution is 0.207. The number of hydrogen-bond donors (Lipinski definition) is 1. The van der Waals surface area contributed by atoms with Gasteiger partial charge in [-0.2, -0.15) is 0 Å². The molecule has 2 rings (SSSR count). The van der Waals surface area contributed by atoms with Gasteiger partial charge in [-0.1, -0.05) is 39.3 Å². The van der Waals surface area contributed by atoms with Gasteiger partial charge in [-0.25, -0.2) is 4.79 Å². The number of benzene rings is 1. The van der Waals surface area contributed by atoms with Crippen molar-refractivity contribution in [2.24, 2.45) is 0 Å². The van der Waals surface area contributed by atoms with Crippen molar-refractivity contribution in [2.75, 3.05) is 13.6 Å². The van der Waals surface area contributed by atoms with E-state index >= 15 is 0 Å². The molecule has 1 aromatic carbocycles. The summed E-state index contributed by atoms with van der Waals surface area (Å²) in [6.07, 6.45) is 0.784. The van der Waals surface area contributed by atoms with E-state index in [9.17, 15) is 4.79 Å². The molecular weight excluding hydrogens is 346 g/mol. The molecule has 1 heterocycles. The van der Waals surface area contributed by atoms with Crippen molar-refractivity contribution in [3.63, 3.8) is 0 Å². The van der Waals surface area contributed by atoms with E-state index in [0.29, 0.717) is 13.1 Å². The summed E-state index contributed by atoms with van der Waals surface area (Å²) >= 11 is 3.51. The number of carbonyl (C=O) groups excluding carboxylic acids is 1. The fraction of sp³-hybridized carbons (Fsp3) is 0.375. The van der Waals surface area contributed by atoms with E-state index in [0.717, 1.165) is 27.9 Å². The molecule has 0 atom stereocenters. The number of hydrogen-bond acceptors (Lipinski definition) is 3. The molecule has 0 fully saturated rings. The van der Waals surface area contributed by atoms with Gasteiger partial charge in [0.2, 0.25) is 0 Å². The number of aryl methyl sites for hydroxylation is 2. The smallest absolute Gasteiger partial charge is 0.317 e. The zero-order valence-electron chi connectivity index (χ0n) is 13.0. The van der Waals surface area contributed by atoms with Crippen LogP contribution in [0.25, 0.3) is 0 Å². The maximum absolute atomic E-state index is 12.1. The number of amides is 2. The van der Waals surface area contributed by atoms with Crippen LogP contribution in [0.2, 0.25) is 0 Å². The summed E-state index contributed by atoms with van der Waals surface area (Å²) in [7, 11) is 1.76. The van der Waals surface area contributed by atoms with Gasteiger partial charge in [0.05, 0.1) is 12.2 Å². The topological polar surface area (TPSA) is 58.4 Å². The molecule has 22 heavy (non-hydrogen) atoms. The first-order valence-electron chi connectivity index (χ1n) is 7.13. The molecule has 1 aromatic heterocycles. The molecule has 1 N–H and O–H groups in total. The van der Waals surface area contributed by atoms with Crippen LogP contribution in [0.3, 0.4) is 0 Å². The lowest BCUT2D eigenvalue weighted by Gasteiger charge is -2.18. The molecule has 0 radical (unpaired) electrons. The summed E-state index contributed by atoms with van der Waals surface area (Å²) in [4.78, 5) is 13.8. The highest BCUT2D eigenvalue weighted by Crippen LogP contribution is 2.16. The molecule has 0 aliphatic carbocycles. The van der Waals surface area contributed by atoms with E-state index in [1.807, 2.05) is 38.1 Å². The fourth-order valence-corrected chi connectivity index (χ4v) is 2.66. The molecule has 0 spiro atoms. The molecule has 0 bridgehead atoms. The molecule has 2 aromatic rings. The van der Waals surface area contributed by atoms with E-state index < -0.39 is 0 Å². The Kier molecular flexibility index (Phi) is 5.60. The maximum atomic E-state index is 12.1. The molecule has 0 saturated carbocycles. The van der Waals surface area contributed by atoms with Crippen molar-refractivity contribution in [1.82, 2.24) is 15.4 Å². The number of nitrogens with one attached hydrogen (secondary N) is 1. The fourth-order valence-electron chi connectivity index (χ4n) is 2.18. The Morgan fingerprint density at radius 2 is 2.09 bits per heavy atom. The number of halogens is 1. The van der Waals surface area contributed by atoms with Crippen molar-refractivity contribution >= 4 is 22.0 Å². The van der Waals surface area contributed by atoms with Crippen LogP contribution >= 0.6 is 15.9 Å². The standard InChI is InChI=1S/C16H20BrN3O2/c1-11-14(12(2)22-19-11)10-20(3)16(21)18-9-8-13-6-4-5-7-15(13)17/h4-7H,8-10H2,1-3H3,(H,18,21). The largest absolute Gasteiger partial charge is 0.361 e. The second-order valence-electron chi connectivity index (χ2n) is 5.23. The minimum Gasteiger partial charge on any atom is -0.361 e. The quantitative estimate of drug-likeness (QED) is 0.882. The summed E-state index contributed by atoms with van der Waals surface area (Å²) in [5, 5.41) is 6.83. The lowest BCUT2D eigenvalue weighted by Crippen LogP contribution is -2.38. The second-order valence-corrected chi connectivity index (χ2v) is 6.09. The predicted molar refractivity (Wildman–Crippen MR) is 88.7 cm³/mol. The first kappa shape index (κ1) is 16.5. The zero-order chi connectivity index (χ0) is 16.1. The second kappa shape index (κ2) is 7.45. The van der Waals surface area contributed by atoms with Gasteiger partial charge in [0.1, 0.15) is 5.76 Å². The minimum atomic E-state index is -0.105. The van der Waals surface area contributed by atoms with Crippen LogP contribution in [0, 0.1) is 13.8 Å². The Morgan fingerprint density at radius 3 is 2.73 bits per heavy atom. The van der Waals surface area contributed by atoms with Gasteiger partial charge in [0, 0.05) is 23.6 Å². The van der Waals surface area contributed by atoms with Gasteiger partial charge in [0.25, 0.3) is 0 Å². The summed E-state index contributed by atoms with van der Waals surface area (Å²) in [5.41, 5.74) is 2.96. The number of urea groups is 1. The first-order valence-corrected chi connectivity index (χ1v) is 7.92. The molecule has 0 saturated heterocycles. The van der Waals surface area contributed by atoms with E-state index in [2.05, 4.69) is 26.4 Å². The van der Waals surface area contributed by atoms with Gasteiger partial charge >= 0.3 is 6.03 Å². The minimum absolute atomic E-state index is 0.105. The molecule has 0 aliphatic heterocycles. The van der Waals surface area contributed by atoms with Crippen molar-refractivity contribution in [3.8, 4) is 0 Å². The highest BCUT2D eigenvalue weighted by Gasteiger charge is 2.15. The van der Waals surface area contributed by atoms with Gasteiger partial charge < -0.3 is 14.7 Å². The average molecular weight is 366 g/mol. The number of carbonyl (C=O) groups is 1. The van der Waals surface area contributed by atoms with Gasteiger partial charge in [0.15, 0.2) is 0 Å². The van der Waals surface area contributed by atoms with E-state index in [1.165, 1.54) is 5.56 Å². The van der Waals surface area contributed by atoms with Crippen LogP contribution in [-0.2, 0) is 13.0 Å². The third-order valence-electron chi connectivity index (χ3n) is 3.55. The Balaban J connectivity index is 1.83. The van der Waals surface area contributed by atoms with Gasteiger partial charge in [-0.3, -0.25) is 0 Å². The highest BCUT2D eigenvalue weighted by molar-refractivity contribution is 9.10. The maximum Gasteiger partial charge on any atom is 0.317 e. The Labute approximate surface area is 138 Å². The zero-order valence-corrected chi connectivity index (χ0v) is 14.6. The SMILES string of the molecule is Cc1noc(C)c1CN(C)C(=O)NCCc1ccccc1Br. The predicted octanol–water partition coefficient (Wildman–Crippen LogP) is 3.44. The summed E-state index contributed by atoms with van der Waals surface area (Å²) in [5.74, 6) is 0.755. The summed E-state index contributed by atoms with van der Waals surface area (Å²) in [6.45, 7) is 4.81. The van der Waals surface area contributed by atoms with Gasteiger partial charge in [-0.15, -0.1) is 0 Å². The number of nitrogens with zero attached hydrogens (tertiary/aromatic N) is 2. The van der Waals surface area contributed by atoms with E-state index in [4.69, 9.17) is 4.52 Å². The van der Waals surface area contributed by atoms with Crippen molar-refractivity contribution in [3.05, 3.63) is 51.3 Å². The van der Waals surface area contributed by atoms with E-state index in [-0.39, 0.29) is 6.03 Å². The Hall–Kier alpha value is -1.82. The molecule has 0 aliphatic rings. The third kappa shape index (κ3) is 4.10. The van der Waals surface area contributed by atoms with Crippen molar-refractivity contribution in [1.29, 1.82) is 0 Å². The van der Waals surface area contributed by atoms with Crippen LogP contribution in [0.1, 0.15) is 22.6 Å².